The third-order valence-electron chi connectivity index (χ3n) is 1.93. The Morgan fingerprint density at radius 2 is 2.38 bits per heavy atom. The van der Waals surface area contributed by atoms with Crippen LogP contribution in [0.4, 0.5) is 0 Å². The van der Waals surface area contributed by atoms with Crippen molar-refractivity contribution in [3.63, 3.8) is 0 Å². The Morgan fingerprint density at radius 3 is 2.92 bits per heavy atom. The molecule has 0 bridgehead atoms. The Hall–Kier alpha value is -0.410. The Balaban J connectivity index is 2.31. The Kier molecular flexibility index (Phi) is 4.39. The highest BCUT2D eigenvalue weighted by atomic mass is 32.1. The summed E-state index contributed by atoms with van der Waals surface area (Å²) >= 11 is 1.77. The Bertz CT molecular complexity index is 245. The van der Waals surface area contributed by atoms with E-state index in [1.807, 2.05) is 0 Å². The maximum Gasteiger partial charge on any atom is 0.0931 e. The van der Waals surface area contributed by atoms with Gasteiger partial charge in [0.15, 0.2) is 0 Å². The lowest BCUT2D eigenvalue weighted by Gasteiger charge is -2.08. The second kappa shape index (κ2) is 5.35. The van der Waals surface area contributed by atoms with Crippen LogP contribution < -0.4 is 5.32 Å². The molecule has 0 saturated heterocycles. The molecule has 0 radical (unpaired) electrons. The van der Waals surface area contributed by atoms with Crippen molar-refractivity contribution in [2.75, 3.05) is 13.1 Å². The van der Waals surface area contributed by atoms with Crippen molar-refractivity contribution in [1.82, 2.24) is 10.3 Å². The molecule has 1 unspecified atom stereocenters. The molecule has 0 saturated carbocycles. The predicted molar refractivity (Wildman–Crippen MR) is 58.3 cm³/mol. The van der Waals surface area contributed by atoms with E-state index < -0.39 is 0 Å². The van der Waals surface area contributed by atoms with Gasteiger partial charge in [0.2, 0.25) is 0 Å². The lowest BCUT2D eigenvalue weighted by Crippen LogP contribution is -2.21. The van der Waals surface area contributed by atoms with Crippen LogP contribution in [0.2, 0.25) is 0 Å². The van der Waals surface area contributed by atoms with Crippen molar-refractivity contribution in [3.8, 4) is 0 Å². The van der Waals surface area contributed by atoms with E-state index in [0.717, 1.165) is 25.2 Å². The molecule has 74 valence electrons. The van der Waals surface area contributed by atoms with E-state index in [2.05, 4.69) is 36.5 Å². The molecule has 13 heavy (non-hydrogen) atoms. The van der Waals surface area contributed by atoms with E-state index in [9.17, 15) is 0 Å². The first-order valence-corrected chi connectivity index (χ1v) is 5.72. The van der Waals surface area contributed by atoms with E-state index >= 15 is 0 Å². The third-order valence-corrected chi connectivity index (χ3v) is 2.92. The number of nitrogens with one attached hydrogen (secondary N) is 1. The molecule has 1 rings (SSSR count). The van der Waals surface area contributed by atoms with Gasteiger partial charge in [-0.1, -0.05) is 13.8 Å². The molecule has 1 aromatic heterocycles. The molecule has 0 spiro atoms. The minimum atomic E-state index is 0.686. The van der Waals surface area contributed by atoms with Crippen LogP contribution in [0, 0.1) is 12.8 Å². The molecule has 3 heteroatoms. The maximum atomic E-state index is 4.45. The van der Waals surface area contributed by atoms with Crippen LogP contribution in [0.5, 0.6) is 0 Å². The lowest BCUT2D eigenvalue weighted by molar-refractivity contribution is 0.520. The van der Waals surface area contributed by atoms with Gasteiger partial charge < -0.3 is 5.32 Å². The summed E-state index contributed by atoms with van der Waals surface area (Å²) in [5.41, 5.74) is 1.15. The number of aryl methyl sites for hydroxylation is 1. The third kappa shape index (κ3) is 3.87. The first-order valence-electron chi connectivity index (χ1n) is 4.84. The van der Waals surface area contributed by atoms with Crippen molar-refractivity contribution < 1.29 is 0 Å². The molecule has 0 aliphatic carbocycles. The molecule has 0 amide bonds. The normalized spacial score (nSPS) is 13.2. The largest absolute Gasteiger partial charge is 0.317 e. The number of nitrogens with zero attached hydrogens (tertiary/aromatic N) is 1. The van der Waals surface area contributed by atoms with E-state index in [1.54, 1.807) is 11.3 Å². The molecule has 1 atom stereocenters. The van der Waals surface area contributed by atoms with Crippen LogP contribution in [0.3, 0.4) is 0 Å². The minimum Gasteiger partial charge on any atom is -0.317 e. The van der Waals surface area contributed by atoms with Crippen molar-refractivity contribution in [3.05, 3.63) is 16.1 Å². The number of rotatable bonds is 5. The number of hydrogen-bond acceptors (Lipinski definition) is 3. The van der Waals surface area contributed by atoms with E-state index in [0.29, 0.717) is 5.92 Å². The van der Waals surface area contributed by atoms with Gasteiger partial charge in [-0.25, -0.2) is 4.98 Å². The monoisotopic (exact) mass is 198 g/mol. The fraction of sp³-hybridized carbons (Fsp3) is 0.700. The van der Waals surface area contributed by atoms with Crippen LogP contribution >= 0.6 is 11.3 Å². The van der Waals surface area contributed by atoms with Crippen LogP contribution in [0.25, 0.3) is 0 Å². The quantitative estimate of drug-likeness (QED) is 0.785. The van der Waals surface area contributed by atoms with Gasteiger partial charge in [0.05, 0.1) is 5.01 Å². The summed E-state index contributed by atoms with van der Waals surface area (Å²) in [6.07, 6.45) is 1.10. The molecule has 1 N–H and O–H groups in total. The van der Waals surface area contributed by atoms with Crippen molar-refractivity contribution in [2.24, 2.45) is 5.92 Å². The summed E-state index contributed by atoms with van der Waals surface area (Å²) in [6, 6.07) is 0. The van der Waals surface area contributed by atoms with Crippen LogP contribution in [0.1, 0.15) is 24.5 Å². The molecule has 1 heterocycles. The topological polar surface area (TPSA) is 24.9 Å². The number of hydrogen-bond donors (Lipinski definition) is 1. The highest BCUT2D eigenvalue weighted by Crippen LogP contribution is 2.13. The zero-order valence-corrected chi connectivity index (χ0v) is 9.45. The molecule has 0 aliphatic rings. The molecule has 0 aromatic carbocycles. The Morgan fingerprint density at radius 1 is 1.62 bits per heavy atom. The highest BCUT2D eigenvalue weighted by molar-refractivity contribution is 7.09. The van der Waals surface area contributed by atoms with Gasteiger partial charge in [0.25, 0.3) is 0 Å². The van der Waals surface area contributed by atoms with Gasteiger partial charge in [-0.3, -0.25) is 0 Å². The average Bonchev–Trinajstić information content (AvgIpc) is 2.48. The second-order valence-electron chi connectivity index (χ2n) is 3.50. The van der Waals surface area contributed by atoms with Crippen LogP contribution in [0.15, 0.2) is 5.38 Å². The molecular formula is C10H18N2S. The SMILES string of the molecule is CCNCC(C)Cc1nc(C)cs1. The molecule has 0 fully saturated rings. The molecule has 2 nitrogen and oxygen atoms in total. The van der Waals surface area contributed by atoms with E-state index in [-0.39, 0.29) is 0 Å². The predicted octanol–water partition coefficient (Wildman–Crippen LogP) is 2.24. The first-order chi connectivity index (χ1) is 6.22. The van der Waals surface area contributed by atoms with E-state index in [4.69, 9.17) is 0 Å². The molecule has 0 aliphatic heterocycles. The van der Waals surface area contributed by atoms with Crippen molar-refractivity contribution >= 4 is 11.3 Å². The van der Waals surface area contributed by atoms with Crippen molar-refractivity contribution in [1.29, 1.82) is 0 Å². The maximum absolute atomic E-state index is 4.45. The smallest absolute Gasteiger partial charge is 0.0931 e. The summed E-state index contributed by atoms with van der Waals surface area (Å²) in [5.74, 6) is 0.686. The van der Waals surface area contributed by atoms with Gasteiger partial charge in [0, 0.05) is 17.5 Å². The summed E-state index contributed by atoms with van der Waals surface area (Å²) in [4.78, 5) is 4.45. The van der Waals surface area contributed by atoms with Gasteiger partial charge in [-0.2, -0.15) is 0 Å². The average molecular weight is 198 g/mol. The van der Waals surface area contributed by atoms with E-state index in [1.165, 1.54) is 5.01 Å². The lowest BCUT2D eigenvalue weighted by atomic mass is 10.1. The summed E-state index contributed by atoms with van der Waals surface area (Å²) in [5, 5.41) is 6.74. The second-order valence-corrected chi connectivity index (χ2v) is 4.44. The standard InChI is InChI=1S/C10H18N2S/c1-4-11-6-8(2)5-10-12-9(3)7-13-10/h7-8,11H,4-6H2,1-3H3. The first kappa shape index (κ1) is 10.7. The minimum absolute atomic E-state index is 0.686. The van der Waals surface area contributed by atoms with Gasteiger partial charge in [0.1, 0.15) is 0 Å². The van der Waals surface area contributed by atoms with Crippen LogP contribution in [-0.4, -0.2) is 18.1 Å². The highest BCUT2D eigenvalue weighted by Gasteiger charge is 2.05. The summed E-state index contributed by atoms with van der Waals surface area (Å²) < 4.78 is 0. The van der Waals surface area contributed by atoms with Gasteiger partial charge in [-0.15, -0.1) is 11.3 Å². The zero-order chi connectivity index (χ0) is 9.68. The number of aromatic nitrogens is 1. The molecule has 1 aromatic rings. The molecular weight excluding hydrogens is 180 g/mol. The van der Waals surface area contributed by atoms with Crippen LogP contribution in [-0.2, 0) is 6.42 Å². The van der Waals surface area contributed by atoms with Gasteiger partial charge in [-0.05, 0) is 25.9 Å². The summed E-state index contributed by atoms with van der Waals surface area (Å²) in [7, 11) is 0. The van der Waals surface area contributed by atoms with Crippen molar-refractivity contribution in [2.45, 2.75) is 27.2 Å². The summed E-state index contributed by atoms with van der Waals surface area (Å²) in [6.45, 7) is 8.60. The fourth-order valence-electron chi connectivity index (χ4n) is 1.26. The number of thiazole rings is 1. The fourth-order valence-corrected chi connectivity index (χ4v) is 2.19. The Labute approximate surface area is 84.4 Å². The zero-order valence-electron chi connectivity index (χ0n) is 8.63. The van der Waals surface area contributed by atoms with Gasteiger partial charge >= 0.3 is 0 Å².